The Morgan fingerprint density at radius 3 is 2.55 bits per heavy atom. The number of H-pyrrole nitrogens is 1. The van der Waals surface area contributed by atoms with E-state index in [9.17, 15) is 0 Å². The first-order chi connectivity index (χ1) is 16.2. The lowest BCUT2D eigenvalue weighted by atomic mass is 10.2. The number of nitrogens with zero attached hydrogens (tertiary/aromatic N) is 6. The molecule has 0 saturated carbocycles. The molecule has 5 aromatic rings. The van der Waals surface area contributed by atoms with E-state index >= 15 is 0 Å². The number of rotatable bonds is 7. The molecular formula is C22H17Cl2N9. The monoisotopic (exact) mass is 477 g/mol. The van der Waals surface area contributed by atoms with Crippen LogP contribution in [0, 0.1) is 0 Å². The average molecular weight is 478 g/mol. The molecule has 0 amide bonds. The number of benzene rings is 2. The van der Waals surface area contributed by atoms with Gasteiger partial charge in [0.05, 0.1) is 10.5 Å². The van der Waals surface area contributed by atoms with Crippen molar-refractivity contribution in [3.63, 3.8) is 0 Å². The Labute approximate surface area is 198 Å². The number of fused-ring (bicyclic) bond motifs is 1. The summed E-state index contributed by atoms with van der Waals surface area (Å²) < 4.78 is 0. The second-order valence-electron chi connectivity index (χ2n) is 7.06. The van der Waals surface area contributed by atoms with Gasteiger partial charge in [0.25, 0.3) is 0 Å². The number of hydrogen-bond acceptors (Lipinski definition) is 8. The maximum atomic E-state index is 6.39. The number of hydrogen-bond donors (Lipinski definition) is 3. The molecular weight excluding hydrogens is 461 g/mol. The molecule has 0 aliphatic heterocycles. The van der Waals surface area contributed by atoms with Crippen LogP contribution < -0.4 is 10.6 Å². The Hall–Kier alpha value is -3.82. The van der Waals surface area contributed by atoms with Gasteiger partial charge in [0.1, 0.15) is 11.6 Å². The summed E-state index contributed by atoms with van der Waals surface area (Å²) in [5, 5.41) is 22.5. The average Bonchev–Trinajstić information content (AvgIpc) is 3.37. The summed E-state index contributed by atoms with van der Waals surface area (Å²) in [5.41, 5.74) is 2.33. The minimum Gasteiger partial charge on any atom is -0.368 e. The fourth-order valence-electron chi connectivity index (χ4n) is 3.29. The SMILES string of the molecule is Clc1ccc(-c2nc(NCCNc3ccc(-c4nn[nH]n4)cn3)c3ccccc3n2)c(Cl)c1. The molecule has 11 heteroatoms. The summed E-state index contributed by atoms with van der Waals surface area (Å²) in [7, 11) is 0. The standard InChI is InChI=1S/C22H17Cl2N9/c23-14-6-7-15(17(24)11-14)22-28-18-4-2-1-3-16(18)21(29-22)26-10-9-25-19-8-5-13(12-27-19)20-30-32-33-31-20/h1-8,11-12H,9-10H2,(H,25,27)(H,26,28,29)(H,30,31,32,33). The van der Waals surface area contributed by atoms with E-state index in [1.54, 1.807) is 18.3 Å². The van der Waals surface area contributed by atoms with Gasteiger partial charge in [-0.2, -0.15) is 5.21 Å². The highest BCUT2D eigenvalue weighted by molar-refractivity contribution is 6.36. The molecule has 0 atom stereocenters. The van der Waals surface area contributed by atoms with E-state index < -0.39 is 0 Å². The van der Waals surface area contributed by atoms with Crippen LogP contribution in [0.1, 0.15) is 0 Å². The van der Waals surface area contributed by atoms with Crippen molar-refractivity contribution in [1.82, 2.24) is 35.6 Å². The van der Waals surface area contributed by atoms with Gasteiger partial charge in [-0.1, -0.05) is 35.3 Å². The number of aromatic nitrogens is 7. The van der Waals surface area contributed by atoms with Gasteiger partial charge in [0, 0.05) is 40.8 Å². The Bertz CT molecular complexity index is 1390. The minimum absolute atomic E-state index is 0.501. The Balaban J connectivity index is 1.30. The van der Waals surface area contributed by atoms with E-state index in [0.29, 0.717) is 34.8 Å². The number of anilines is 2. The first kappa shape index (κ1) is 21.0. The van der Waals surface area contributed by atoms with E-state index in [1.807, 2.05) is 42.5 Å². The number of halogens is 2. The predicted molar refractivity (Wildman–Crippen MR) is 129 cm³/mol. The van der Waals surface area contributed by atoms with Crippen LogP contribution in [0.3, 0.4) is 0 Å². The van der Waals surface area contributed by atoms with Crippen molar-refractivity contribution in [2.45, 2.75) is 0 Å². The first-order valence-corrected chi connectivity index (χ1v) is 10.8. The largest absolute Gasteiger partial charge is 0.368 e. The number of pyridine rings is 1. The molecule has 3 N–H and O–H groups in total. The fourth-order valence-corrected chi connectivity index (χ4v) is 3.78. The van der Waals surface area contributed by atoms with Crippen LogP contribution in [-0.4, -0.2) is 48.7 Å². The summed E-state index contributed by atoms with van der Waals surface area (Å²) in [6.07, 6.45) is 1.70. The predicted octanol–water partition coefficient (Wildman–Crippen LogP) is 4.70. The first-order valence-electron chi connectivity index (χ1n) is 10.1. The summed E-state index contributed by atoms with van der Waals surface area (Å²) >= 11 is 12.4. The third-order valence-corrected chi connectivity index (χ3v) is 5.41. The molecule has 0 aliphatic carbocycles. The van der Waals surface area contributed by atoms with Crippen molar-refractivity contribution in [2.75, 3.05) is 23.7 Å². The summed E-state index contributed by atoms with van der Waals surface area (Å²) in [6.45, 7) is 1.24. The van der Waals surface area contributed by atoms with Crippen LogP contribution >= 0.6 is 23.2 Å². The number of aromatic amines is 1. The molecule has 0 unspecified atom stereocenters. The normalized spacial score (nSPS) is 11.0. The van der Waals surface area contributed by atoms with Crippen LogP contribution in [0.2, 0.25) is 10.0 Å². The maximum absolute atomic E-state index is 6.39. The molecule has 0 spiro atoms. The Morgan fingerprint density at radius 2 is 1.76 bits per heavy atom. The van der Waals surface area contributed by atoms with Gasteiger partial charge in [-0.15, -0.1) is 10.2 Å². The zero-order valence-electron chi connectivity index (χ0n) is 17.1. The Morgan fingerprint density at radius 1 is 0.879 bits per heavy atom. The molecule has 0 fully saturated rings. The number of tetrazole rings is 1. The van der Waals surface area contributed by atoms with E-state index in [-0.39, 0.29) is 0 Å². The molecule has 3 aromatic heterocycles. The van der Waals surface area contributed by atoms with Crippen molar-refractivity contribution in [2.24, 2.45) is 0 Å². The highest BCUT2D eigenvalue weighted by Crippen LogP contribution is 2.31. The highest BCUT2D eigenvalue weighted by Gasteiger charge is 2.12. The molecule has 0 bridgehead atoms. The van der Waals surface area contributed by atoms with Crippen molar-refractivity contribution in [1.29, 1.82) is 0 Å². The third-order valence-electron chi connectivity index (χ3n) is 4.87. The minimum atomic E-state index is 0.501. The zero-order valence-corrected chi connectivity index (χ0v) is 18.6. The van der Waals surface area contributed by atoms with Crippen LogP contribution in [0.15, 0.2) is 60.8 Å². The lowest BCUT2D eigenvalue weighted by Crippen LogP contribution is -2.15. The van der Waals surface area contributed by atoms with Crippen LogP contribution in [0.4, 0.5) is 11.6 Å². The molecule has 5 rings (SSSR count). The molecule has 0 saturated heterocycles. The van der Waals surface area contributed by atoms with Crippen molar-refractivity contribution in [3.8, 4) is 22.8 Å². The van der Waals surface area contributed by atoms with E-state index in [2.05, 4.69) is 41.2 Å². The maximum Gasteiger partial charge on any atom is 0.206 e. The lowest BCUT2D eigenvalue weighted by molar-refractivity contribution is 0.881. The van der Waals surface area contributed by atoms with Crippen LogP contribution in [0.25, 0.3) is 33.7 Å². The van der Waals surface area contributed by atoms with Gasteiger partial charge in [-0.3, -0.25) is 0 Å². The lowest BCUT2D eigenvalue weighted by Gasteiger charge is -2.12. The smallest absolute Gasteiger partial charge is 0.206 e. The molecule has 164 valence electrons. The van der Waals surface area contributed by atoms with E-state index in [1.165, 1.54) is 0 Å². The fraction of sp³-hybridized carbons (Fsp3) is 0.0909. The molecule has 3 heterocycles. The third kappa shape index (κ3) is 4.69. The second kappa shape index (κ2) is 9.35. The molecule has 0 radical (unpaired) electrons. The highest BCUT2D eigenvalue weighted by atomic mass is 35.5. The summed E-state index contributed by atoms with van der Waals surface area (Å²) in [5.74, 6) is 2.50. The van der Waals surface area contributed by atoms with Crippen LogP contribution in [0.5, 0.6) is 0 Å². The van der Waals surface area contributed by atoms with Crippen LogP contribution in [-0.2, 0) is 0 Å². The summed E-state index contributed by atoms with van der Waals surface area (Å²) in [6, 6.07) is 16.9. The van der Waals surface area contributed by atoms with Gasteiger partial charge in [-0.25, -0.2) is 15.0 Å². The van der Waals surface area contributed by atoms with E-state index in [4.69, 9.17) is 28.2 Å². The quantitative estimate of drug-likeness (QED) is 0.288. The zero-order chi connectivity index (χ0) is 22.6. The van der Waals surface area contributed by atoms with Gasteiger partial charge >= 0.3 is 0 Å². The van der Waals surface area contributed by atoms with Gasteiger partial charge < -0.3 is 10.6 Å². The molecule has 9 nitrogen and oxygen atoms in total. The Kier molecular flexibility index (Phi) is 5.97. The van der Waals surface area contributed by atoms with E-state index in [0.717, 1.165) is 33.7 Å². The topological polar surface area (TPSA) is 117 Å². The van der Waals surface area contributed by atoms with Gasteiger partial charge in [0.15, 0.2) is 5.82 Å². The van der Waals surface area contributed by atoms with Gasteiger partial charge in [-0.05, 0) is 47.7 Å². The van der Waals surface area contributed by atoms with Crippen molar-refractivity contribution in [3.05, 3.63) is 70.8 Å². The summed E-state index contributed by atoms with van der Waals surface area (Å²) in [4.78, 5) is 13.8. The molecule has 33 heavy (non-hydrogen) atoms. The number of para-hydroxylation sites is 1. The van der Waals surface area contributed by atoms with Crippen molar-refractivity contribution < 1.29 is 0 Å². The van der Waals surface area contributed by atoms with Crippen molar-refractivity contribution >= 4 is 45.7 Å². The van der Waals surface area contributed by atoms with Gasteiger partial charge in [0.2, 0.25) is 5.82 Å². The molecule has 0 aliphatic rings. The number of nitrogens with one attached hydrogen (secondary N) is 3. The second-order valence-corrected chi connectivity index (χ2v) is 7.90. The molecule has 2 aromatic carbocycles.